The van der Waals surface area contributed by atoms with Crippen molar-refractivity contribution in [2.24, 2.45) is 0 Å². The average molecular weight is 345 g/mol. The number of ether oxygens (including phenoxy) is 1. The lowest BCUT2D eigenvalue weighted by atomic mass is 10.2. The molecule has 0 radical (unpaired) electrons. The van der Waals surface area contributed by atoms with Crippen molar-refractivity contribution in [2.45, 2.75) is 13.8 Å². The molecule has 6 nitrogen and oxygen atoms in total. The van der Waals surface area contributed by atoms with Gasteiger partial charge < -0.3 is 10.1 Å². The second kappa shape index (κ2) is 6.48. The van der Waals surface area contributed by atoms with Gasteiger partial charge in [0.25, 0.3) is 0 Å². The van der Waals surface area contributed by atoms with E-state index < -0.39 is 0 Å². The number of nitrogens with zero attached hydrogens (tertiary/aromatic N) is 4. The summed E-state index contributed by atoms with van der Waals surface area (Å²) in [7, 11) is 1.66. The van der Waals surface area contributed by atoms with Crippen LogP contribution in [-0.2, 0) is 0 Å². The molecular formula is C20H19N5O. The van der Waals surface area contributed by atoms with Gasteiger partial charge in [-0.25, -0.2) is 15.0 Å². The van der Waals surface area contributed by atoms with E-state index in [9.17, 15) is 0 Å². The van der Waals surface area contributed by atoms with Gasteiger partial charge in [-0.05, 0) is 43.7 Å². The number of rotatable bonds is 4. The molecule has 0 fully saturated rings. The summed E-state index contributed by atoms with van der Waals surface area (Å²) in [5, 5.41) is 4.37. The van der Waals surface area contributed by atoms with Crippen LogP contribution in [0.5, 0.6) is 5.75 Å². The molecular weight excluding hydrogens is 326 g/mol. The molecule has 0 atom stereocenters. The molecule has 0 unspecified atom stereocenters. The van der Waals surface area contributed by atoms with Crippen LogP contribution in [0, 0.1) is 13.8 Å². The normalized spacial score (nSPS) is 10.9. The standard InChI is InChI=1S/C20H19N5O/c1-13-14(2)25(17-9-4-5-10-21-17)20-18(13)19(22-12-23-20)24-15-7-6-8-16(11-15)26-3/h4-12H,1-3H3,(H,22,23,24). The Balaban J connectivity index is 1.87. The smallest absolute Gasteiger partial charge is 0.151 e. The summed E-state index contributed by atoms with van der Waals surface area (Å²) < 4.78 is 7.36. The third kappa shape index (κ3) is 2.65. The lowest BCUT2D eigenvalue weighted by Crippen LogP contribution is -2.01. The van der Waals surface area contributed by atoms with Gasteiger partial charge in [0.05, 0.1) is 12.5 Å². The third-order valence-electron chi connectivity index (χ3n) is 4.50. The number of fused-ring (bicyclic) bond motifs is 1. The van der Waals surface area contributed by atoms with E-state index in [1.807, 2.05) is 42.5 Å². The first-order valence-corrected chi connectivity index (χ1v) is 8.34. The molecule has 3 aromatic heterocycles. The van der Waals surface area contributed by atoms with Gasteiger partial charge in [-0.2, -0.15) is 0 Å². The molecule has 0 saturated heterocycles. The quantitative estimate of drug-likeness (QED) is 0.601. The predicted octanol–water partition coefficient (Wildman–Crippen LogP) is 4.18. The summed E-state index contributed by atoms with van der Waals surface area (Å²) in [5.74, 6) is 2.40. The zero-order chi connectivity index (χ0) is 18.1. The van der Waals surface area contributed by atoms with Gasteiger partial charge in [0.2, 0.25) is 0 Å². The minimum atomic E-state index is 0.763. The molecule has 0 spiro atoms. The van der Waals surface area contributed by atoms with Gasteiger partial charge in [-0.1, -0.05) is 12.1 Å². The highest BCUT2D eigenvalue weighted by Gasteiger charge is 2.18. The zero-order valence-electron chi connectivity index (χ0n) is 14.9. The molecule has 0 aliphatic heterocycles. The van der Waals surface area contributed by atoms with Gasteiger partial charge in [0.1, 0.15) is 23.7 Å². The summed E-state index contributed by atoms with van der Waals surface area (Å²) in [6.07, 6.45) is 3.36. The van der Waals surface area contributed by atoms with Crippen molar-refractivity contribution < 1.29 is 4.74 Å². The van der Waals surface area contributed by atoms with Crippen molar-refractivity contribution in [1.82, 2.24) is 19.5 Å². The minimum absolute atomic E-state index is 0.763. The third-order valence-corrected chi connectivity index (χ3v) is 4.50. The first-order valence-electron chi connectivity index (χ1n) is 8.34. The fourth-order valence-electron chi connectivity index (χ4n) is 3.10. The molecule has 0 aliphatic rings. The number of hydrogen-bond acceptors (Lipinski definition) is 5. The van der Waals surface area contributed by atoms with E-state index in [2.05, 4.69) is 38.7 Å². The second-order valence-electron chi connectivity index (χ2n) is 6.01. The fraction of sp³-hybridized carbons (Fsp3) is 0.150. The van der Waals surface area contributed by atoms with Crippen LogP contribution in [0.2, 0.25) is 0 Å². The molecule has 1 aromatic carbocycles. The summed E-state index contributed by atoms with van der Waals surface area (Å²) in [6.45, 7) is 4.15. The average Bonchev–Trinajstić information content (AvgIpc) is 2.94. The molecule has 0 saturated carbocycles. The van der Waals surface area contributed by atoms with E-state index in [-0.39, 0.29) is 0 Å². The number of methoxy groups -OCH3 is 1. The van der Waals surface area contributed by atoms with Gasteiger partial charge >= 0.3 is 0 Å². The van der Waals surface area contributed by atoms with E-state index in [0.717, 1.165) is 45.4 Å². The van der Waals surface area contributed by atoms with Gasteiger partial charge in [-0.3, -0.25) is 4.57 Å². The molecule has 0 bridgehead atoms. The maximum atomic E-state index is 5.30. The van der Waals surface area contributed by atoms with Crippen LogP contribution in [0.3, 0.4) is 0 Å². The summed E-state index contributed by atoms with van der Waals surface area (Å²) in [4.78, 5) is 13.5. The van der Waals surface area contributed by atoms with E-state index in [4.69, 9.17) is 4.74 Å². The molecule has 0 aliphatic carbocycles. The van der Waals surface area contributed by atoms with Crippen LogP contribution in [0.4, 0.5) is 11.5 Å². The Hall–Kier alpha value is -3.41. The molecule has 130 valence electrons. The highest BCUT2D eigenvalue weighted by Crippen LogP contribution is 2.32. The van der Waals surface area contributed by atoms with Crippen molar-refractivity contribution in [3.8, 4) is 11.6 Å². The second-order valence-corrected chi connectivity index (χ2v) is 6.01. The number of anilines is 2. The molecule has 3 heterocycles. The number of aryl methyl sites for hydroxylation is 1. The van der Waals surface area contributed by atoms with E-state index in [1.165, 1.54) is 0 Å². The molecule has 6 heteroatoms. The van der Waals surface area contributed by atoms with E-state index in [0.29, 0.717) is 0 Å². The van der Waals surface area contributed by atoms with Gasteiger partial charge in [0.15, 0.2) is 5.65 Å². The summed E-state index contributed by atoms with van der Waals surface area (Å²) in [5.41, 5.74) is 3.95. The zero-order valence-corrected chi connectivity index (χ0v) is 14.9. The van der Waals surface area contributed by atoms with Crippen LogP contribution in [0.1, 0.15) is 11.3 Å². The van der Waals surface area contributed by atoms with Crippen LogP contribution in [-0.4, -0.2) is 26.6 Å². The van der Waals surface area contributed by atoms with Crippen molar-refractivity contribution in [1.29, 1.82) is 0 Å². The molecule has 4 aromatic rings. The first-order chi connectivity index (χ1) is 12.7. The fourth-order valence-corrected chi connectivity index (χ4v) is 3.10. The van der Waals surface area contributed by atoms with Crippen molar-refractivity contribution >= 4 is 22.5 Å². The van der Waals surface area contributed by atoms with Crippen LogP contribution in [0.15, 0.2) is 55.0 Å². The Morgan fingerprint density at radius 1 is 1.00 bits per heavy atom. The highest BCUT2D eigenvalue weighted by atomic mass is 16.5. The number of hydrogen-bond donors (Lipinski definition) is 1. The Kier molecular flexibility index (Phi) is 4.01. The monoisotopic (exact) mass is 345 g/mol. The lowest BCUT2D eigenvalue weighted by Gasteiger charge is -2.09. The maximum Gasteiger partial charge on any atom is 0.151 e. The maximum absolute atomic E-state index is 5.30. The van der Waals surface area contributed by atoms with Gasteiger partial charge in [0, 0.05) is 23.6 Å². The summed E-state index contributed by atoms with van der Waals surface area (Å²) >= 11 is 0. The van der Waals surface area contributed by atoms with Crippen molar-refractivity contribution in [2.75, 3.05) is 12.4 Å². The van der Waals surface area contributed by atoms with Crippen LogP contribution >= 0.6 is 0 Å². The van der Waals surface area contributed by atoms with Crippen LogP contribution < -0.4 is 10.1 Å². The van der Waals surface area contributed by atoms with Crippen molar-refractivity contribution in [3.05, 3.63) is 66.2 Å². The topological polar surface area (TPSA) is 64.9 Å². The summed E-state index contributed by atoms with van der Waals surface area (Å²) in [6, 6.07) is 13.6. The lowest BCUT2D eigenvalue weighted by molar-refractivity contribution is 0.415. The van der Waals surface area contributed by atoms with Crippen LogP contribution in [0.25, 0.3) is 16.9 Å². The minimum Gasteiger partial charge on any atom is -0.497 e. The number of pyridine rings is 1. The van der Waals surface area contributed by atoms with E-state index in [1.54, 1.807) is 19.6 Å². The Bertz CT molecular complexity index is 1070. The molecule has 1 N–H and O–H groups in total. The number of aromatic nitrogens is 4. The first kappa shape index (κ1) is 16.1. The Morgan fingerprint density at radius 2 is 1.88 bits per heavy atom. The Labute approximate surface area is 151 Å². The van der Waals surface area contributed by atoms with Crippen molar-refractivity contribution in [3.63, 3.8) is 0 Å². The number of benzene rings is 1. The molecule has 4 rings (SSSR count). The van der Waals surface area contributed by atoms with E-state index >= 15 is 0 Å². The number of nitrogens with one attached hydrogen (secondary N) is 1. The Morgan fingerprint density at radius 3 is 2.65 bits per heavy atom. The highest BCUT2D eigenvalue weighted by molar-refractivity contribution is 5.94. The molecule has 26 heavy (non-hydrogen) atoms. The van der Waals surface area contributed by atoms with Gasteiger partial charge in [-0.15, -0.1) is 0 Å². The largest absolute Gasteiger partial charge is 0.497 e. The molecule has 0 amide bonds. The predicted molar refractivity (Wildman–Crippen MR) is 102 cm³/mol. The SMILES string of the molecule is COc1cccc(Nc2ncnc3c2c(C)c(C)n3-c2ccccn2)c1.